The van der Waals surface area contributed by atoms with Gasteiger partial charge in [0.2, 0.25) is 5.89 Å². The number of hydrogen-bond acceptors (Lipinski definition) is 8. The van der Waals surface area contributed by atoms with Gasteiger partial charge in [0.25, 0.3) is 0 Å². The third-order valence-electron chi connectivity index (χ3n) is 6.06. The van der Waals surface area contributed by atoms with Crippen molar-refractivity contribution in [1.29, 1.82) is 0 Å². The fourth-order valence-electron chi connectivity index (χ4n) is 4.28. The summed E-state index contributed by atoms with van der Waals surface area (Å²) in [5.74, 6) is 0.262. The molecule has 36 heavy (non-hydrogen) atoms. The van der Waals surface area contributed by atoms with E-state index in [9.17, 15) is 4.79 Å². The number of ketones is 1. The highest BCUT2D eigenvalue weighted by Gasteiger charge is 2.27. The van der Waals surface area contributed by atoms with Crippen LogP contribution in [-0.4, -0.2) is 42.6 Å². The Labute approximate surface area is 206 Å². The van der Waals surface area contributed by atoms with Gasteiger partial charge >= 0.3 is 6.01 Å². The van der Waals surface area contributed by atoms with Gasteiger partial charge in [-0.25, -0.2) is 9.67 Å². The lowest BCUT2D eigenvalue weighted by atomic mass is 9.96. The number of rotatable bonds is 5. The maximum absolute atomic E-state index is 13.2. The summed E-state index contributed by atoms with van der Waals surface area (Å²) < 4.78 is 7.58. The molecule has 1 aliphatic heterocycles. The number of benzene rings is 3. The van der Waals surface area contributed by atoms with Crippen LogP contribution in [-0.2, 0) is 11.2 Å². The topological polar surface area (TPSA) is 111 Å². The van der Waals surface area contributed by atoms with Crippen molar-refractivity contribution < 1.29 is 9.21 Å². The Kier molecular flexibility index (Phi) is 5.42. The van der Waals surface area contributed by atoms with E-state index in [1.165, 1.54) is 6.33 Å². The van der Waals surface area contributed by atoms with Crippen molar-refractivity contribution in [2.24, 2.45) is 4.99 Å². The summed E-state index contributed by atoms with van der Waals surface area (Å²) in [5.41, 5.74) is 6.14. The molecule has 176 valence electrons. The van der Waals surface area contributed by atoms with Crippen LogP contribution in [0.3, 0.4) is 0 Å². The molecule has 0 aliphatic carbocycles. The Morgan fingerprint density at radius 2 is 1.81 bits per heavy atom. The zero-order valence-electron chi connectivity index (χ0n) is 19.4. The minimum Gasteiger partial charge on any atom is -0.403 e. The van der Waals surface area contributed by atoms with Gasteiger partial charge in [-0.2, -0.15) is 5.10 Å². The second-order valence-corrected chi connectivity index (χ2v) is 8.44. The SMILES string of the molecule is Cc1cc(-n2cncn2)ccc1-c1nnc(NC2N=C(c3ccccc3)c3ccccc3CC2=O)o1. The number of anilines is 1. The van der Waals surface area contributed by atoms with Crippen LogP contribution in [0.2, 0.25) is 0 Å². The lowest BCUT2D eigenvalue weighted by Gasteiger charge is -2.11. The summed E-state index contributed by atoms with van der Waals surface area (Å²) >= 11 is 0. The number of aromatic nitrogens is 5. The highest BCUT2D eigenvalue weighted by atomic mass is 16.4. The first-order valence-corrected chi connectivity index (χ1v) is 11.5. The normalized spacial score (nSPS) is 15.2. The molecule has 0 saturated carbocycles. The Morgan fingerprint density at radius 3 is 2.61 bits per heavy atom. The number of aryl methyl sites for hydroxylation is 1. The molecule has 1 N–H and O–H groups in total. The van der Waals surface area contributed by atoms with Gasteiger partial charge in [-0.3, -0.25) is 9.79 Å². The number of carbonyl (C=O) groups excluding carboxylic acids is 1. The standard InChI is InChI=1S/C27H21N7O2/c1-17-13-20(34-16-28-15-29-34)11-12-21(17)26-32-33-27(36-26)31-25-23(35)14-19-9-5-6-10-22(19)24(30-25)18-7-3-2-4-8-18/h2-13,15-16,25H,14H2,1H3,(H,31,33). The van der Waals surface area contributed by atoms with Gasteiger partial charge in [-0.1, -0.05) is 59.7 Å². The fraction of sp³-hybridized carbons (Fsp3) is 0.111. The van der Waals surface area contributed by atoms with Crippen molar-refractivity contribution >= 4 is 17.5 Å². The summed E-state index contributed by atoms with van der Waals surface area (Å²) in [7, 11) is 0. The lowest BCUT2D eigenvalue weighted by Crippen LogP contribution is -2.29. The van der Waals surface area contributed by atoms with Gasteiger partial charge in [0.1, 0.15) is 12.7 Å². The van der Waals surface area contributed by atoms with E-state index in [1.54, 1.807) is 11.0 Å². The van der Waals surface area contributed by atoms with E-state index in [-0.39, 0.29) is 18.2 Å². The van der Waals surface area contributed by atoms with Crippen LogP contribution in [0.4, 0.5) is 6.01 Å². The highest BCUT2D eigenvalue weighted by molar-refractivity contribution is 6.16. The van der Waals surface area contributed by atoms with Crippen molar-refractivity contribution in [2.45, 2.75) is 19.5 Å². The molecule has 9 nitrogen and oxygen atoms in total. The van der Waals surface area contributed by atoms with Crippen LogP contribution < -0.4 is 5.32 Å². The quantitative estimate of drug-likeness (QED) is 0.409. The Balaban J connectivity index is 1.31. The summed E-state index contributed by atoms with van der Waals surface area (Å²) in [6.45, 7) is 1.95. The first kappa shape index (κ1) is 21.6. The van der Waals surface area contributed by atoms with Crippen LogP contribution in [0.5, 0.6) is 0 Å². The average molecular weight is 476 g/mol. The van der Waals surface area contributed by atoms with Gasteiger partial charge in [-0.15, -0.1) is 5.10 Å². The van der Waals surface area contributed by atoms with E-state index >= 15 is 0 Å². The minimum absolute atomic E-state index is 0.0819. The summed E-state index contributed by atoms with van der Waals surface area (Å²) in [4.78, 5) is 22.0. The zero-order valence-corrected chi connectivity index (χ0v) is 19.4. The van der Waals surface area contributed by atoms with Gasteiger partial charge in [0.05, 0.1) is 11.4 Å². The Hall–Kier alpha value is -4.92. The van der Waals surface area contributed by atoms with Crippen molar-refractivity contribution in [3.63, 3.8) is 0 Å². The zero-order chi connectivity index (χ0) is 24.5. The average Bonchev–Trinajstić information content (AvgIpc) is 3.58. The van der Waals surface area contributed by atoms with Crippen molar-refractivity contribution in [1.82, 2.24) is 25.0 Å². The number of nitrogens with zero attached hydrogens (tertiary/aromatic N) is 6. The third-order valence-corrected chi connectivity index (χ3v) is 6.06. The van der Waals surface area contributed by atoms with Crippen LogP contribution in [0.1, 0.15) is 22.3 Å². The predicted octanol–water partition coefficient (Wildman–Crippen LogP) is 4.03. The summed E-state index contributed by atoms with van der Waals surface area (Å²) in [6, 6.07) is 23.6. The summed E-state index contributed by atoms with van der Waals surface area (Å²) in [6.07, 6.45) is 2.50. The molecule has 0 amide bonds. The van der Waals surface area contributed by atoms with Crippen molar-refractivity contribution in [3.05, 3.63) is 108 Å². The molecule has 0 bridgehead atoms. The number of carbonyl (C=O) groups is 1. The molecule has 0 saturated heterocycles. The molecule has 0 spiro atoms. The third kappa shape index (κ3) is 4.07. The first-order chi connectivity index (χ1) is 17.7. The molecule has 3 aromatic carbocycles. The van der Waals surface area contributed by atoms with Crippen LogP contribution in [0.15, 0.2) is 94.9 Å². The fourth-order valence-corrected chi connectivity index (χ4v) is 4.28. The molecule has 6 rings (SSSR count). The van der Waals surface area contributed by atoms with E-state index in [2.05, 4.69) is 25.6 Å². The van der Waals surface area contributed by atoms with Crippen LogP contribution in [0.25, 0.3) is 17.1 Å². The largest absolute Gasteiger partial charge is 0.403 e. The Bertz CT molecular complexity index is 1570. The first-order valence-electron chi connectivity index (χ1n) is 11.5. The van der Waals surface area contributed by atoms with Crippen molar-refractivity contribution in [3.8, 4) is 17.1 Å². The molecule has 2 aromatic heterocycles. The van der Waals surface area contributed by atoms with Crippen molar-refractivity contribution in [2.75, 3.05) is 5.32 Å². The second kappa shape index (κ2) is 9.03. The molecule has 0 fully saturated rings. The lowest BCUT2D eigenvalue weighted by molar-refractivity contribution is -0.119. The van der Waals surface area contributed by atoms with Gasteiger partial charge in [0, 0.05) is 23.1 Å². The number of nitrogens with one attached hydrogen (secondary N) is 1. The Morgan fingerprint density at radius 1 is 0.972 bits per heavy atom. The molecular weight excluding hydrogens is 454 g/mol. The van der Waals surface area contributed by atoms with Crippen LogP contribution in [0, 0.1) is 6.92 Å². The second-order valence-electron chi connectivity index (χ2n) is 8.44. The van der Waals surface area contributed by atoms with Gasteiger partial charge in [0.15, 0.2) is 11.9 Å². The summed E-state index contributed by atoms with van der Waals surface area (Å²) in [5, 5.41) is 15.5. The molecule has 5 aromatic rings. The smallest absolute Gasteiger partial charge is 0.317 e. The van der Waals surface area contributed by atoms with Gasteiger partial charge < -0.3 is 9.73 Å². The highest BCUT2D eigenvalue weighted by Crippen LogP contribution is 2.27. The number of fused-ring (bicyclic) bond motifs is 1. The van der Waals surface area contributed by atoms with E-state index in [0.717, 1.165) is 39.2 Å². The van der Waals surface area contributed by atoms with E-state index in [1.807, 2.05) is 79.7 Å². The molecule has 0 radical (unpaired) electrons. The maximum atomic E-state index is 13.2. The number of hydrogen-bond donors (Lipinski definition) is 1. The maximum Gasteiger partial charge on any atom is 0.317 e. The molecule has 3 heterocycles. The number of aliphatic imine (C=N–C) groups is 1. The molecule has 1 unspecified atom stereocenters. The monoisotopic (exact) mass is 475 g/mol. The molecule has 1 aliphatic rings. The predicted molar refractivity (Wildman–Crippen MR) is 134 cm³/mol. The number of Topliss-reactive ketones (excluding diaryl/α,β-unsaturated/α-hetero) is 1. The van der Waals surface area contributed by atoms with Crippen LogP contribution >= 0.6 is 0 Å². The minimum atomic E-state index is -0.864. The van der Waals surface area contributed by atoms with E-state index in [4.69, 9.17) is 9.41 Å². The van der Waals surface area contributed by atoms with Gasteiger partial charge in [-0.05, 0) is 36.2 Å². The molecule has 1 atom stereocenters. The van der Waals surface area contributed by atoms with E-state index < -0.39 is 6.17 Å². The molecule has 9 heteroatoms. The molecular formula is C27H21N7O2. The van der Waals surface area contributed by atoms with E-state index in [0.29, 0.717) is 5.89 Å².